The zero-order valence-corrected chi connectivity index (χ0v) is 43.9. The van der Waals surface area contributed by atoms with Crippen molar-refractivity contribution in [3.63, 3.8) is 0 Å². The van der Waals surface area contributed by atoms with Crippen molar-refractivity contribution < 1.29 is 73.2 Å². The van der Waals surface area contributed by atoms with E-state index in [9.17, 15) is 73.2 Å². The van der Waals surface area contributed by atoms with Crippen molar-refractivity contribution in [2.24, 2.45) is 39.8 Å². The van der Waals surface area contributed by atoms with E-state index in [4.69, 9.17) is 22.9 Å². The van der Waals surface area contributed by atoms with Crippen molar-refractivity contribution in [2.45, 2.75) is 121 Å². The number of hydrogen-bond acceptors (Lipinski definition) is 16. The van der Waals surface area contributed by atoms with E-state index < -0.39 is 152 Å². The first-order chi connectivity index (χ1) is 36.7. The summed E-state index contributed by atoms with van der Waals surface area (Å²) >= 11 is 0. The van der Waals surface area contributed by atoms with Gasteiger partial charge in [-0.15, -0.1) is 0 Å². The van der Waals surface area contributed by atoms with Gasteiger partial charge in [0.2, 0.25) is 59.1 Å². The highest BCUT2D eigenvalue weighted by Crippen LogP contribution is 2.13. The zero-order chi connectivity index (χ0) is 58.8. The number of aliphatic imine (C=N–C) groups is 1. The summed E-state index contributed by atoms with van der Waals surface area (Å²) in [7, 11) is 0. The van der Waals surface area contributed by atoms with Gasteiger partial charge in [0.05, 0.1) is 32.2 Å². The summed E-state index contributed by atoms with van der Waals surface area (Å²) in [6.45, 7) is 5.02. The number of aliphatic hydroxyl groups is 2. The van der Waals surface area contributed by atoms with Crippen LogP contribution < -0.4 is 70.8 Å². The molecule has 0 heterocycles. The summed E-state index contributed by atoms with van der Waals surface area (Å²) in [6.07, 6.45) is -1.15. The standard InChI is InChI=1S/C49H74N14O15/c1-24(2)38(51)46(75)63-39(25(3)4)47(76)60-33(20-36(50)67)42(71)56-26(5)40(69)58-31(18-27-10-7-6-8-11-27)43(72)59-32(19-28-13-15-29(66)16-14-28)44(73)62-35(23-65)45(74)61-34(22-64)41(70)55-21-37(68)57-30(48(77)78)12-9-17-54-49(52)53/h6-8,10-11,13-16,24-26,30-35,38-39,64-66H,9,12,17-23,51H2,1-5H3,(H2,50,67)(H,55,70)(H,56,71)(H,57,68)(H,58,69)(H,59,72)(H,60,76)(H,61,74)(H,62,73)(H,63,75)(H,77,78)(H4,52,53,54)/t26-,30-,31-,32-,33-,34-,35-,38-,39-/m0/s1. The second kappa shape index (κ2) is 32.9. The topological polar surface area (TPSA) is 493 Å². The molecule has 0 aromatic heterocycles. The van der Waals surface area contributed by atoms with Crippen LogP contribution in [0, 0.1) is 11.8 Å². The van der Waals surface area contributed by atoms with Gasteiger partial charge in [0, 0.05) is 19.4 Å². The van der Waals surface area contributed by atoms with E-state index in [2.05, 4.69) is 52.8 Å². The van der Waals surface area contributed by atoms with Gasteiger partial charge in [0.1, 0.15) is 54.1 Å². The molecule has 10 amide bonds. The predicted molar refractivity (Wildman–Crippen MR) is 279 cm³/mol. The normalized spacial score (nSPS) is 14.4. The monoisotopic (exact) mass is 1100 g/mol. The third-order valence-electron chi connectivity index (χ3n) is 11.6. The maximum Gasteiger partial charge on any atom is 0.326 e. The molecule has 2 rings (SSSR count). The fraction of sp³-hybridized carbons (Fsp3) is 0.510. The van der Waals surface area contributed by atoms with Crippen LogP contribution >= 0.6 is 0 Å². The van der Waals surface area contributed by atoms with Crippen LogP contribution in [0.2, 0.25) is 0 Å². The van der Waals surface area contributed by atoms with Crippen LogP contribution in [0.5, 0.6) is 5.75 Å². The van der Waals surface area contributed by atoms with Crippen LogP contribution in [0.1, 0.15) is 65.0 Å². The number of aliphatic carboxylic acids is 1. The first-order valence-corrected chi connectivity index (χ1v) is 24.7. The summed E-state index contributed by atoms with van der Waals surface area (Å²) in [5, 5.41) is 60.8. The van der Waals surface area contributed by atoms with Gasteiger partial charge in [0.25, 0.3) is 0 Å². The van der Waals surface area contributed by atoms with Crippen LogP contribution in [-0.4, -0.2) is 172 Å². The Labute approximate surface area is 449 Å². The molecule has 78 heavy (non-hydrogen) atoms. The number of phenolic OH excluding ortho intramolecular Hbond substituents is 1. The van der Waals surface area contributed by atoms with Crippen LogP contribution in [-0.2, 0) is 65.6 Å². The number of nitrogens with two attached hydrogens (primary N) is 4. The van der Waals surface area contributed by atoms with Crippen molar-refractivity contribution in [2.75, 3.05) is 26.3 Å². The van der Waals surface area contributed by atoms with Crippen molar-refractivity contribution >= 4 is 71.0 Å². The first kappa shape index (κ1) is 65.7. The molecule has 430 valence electrons. The lowest BCUT2D eigenvalue weighted by molar-refractivity contribution is -0.142. The zero-order valence-electron chi connectivity index (χ0n) is 43.9. The number of nitrogens with zero attached hydrogens (tertiary/aromatic N) is 1. The summed E-state index contributed by atoms with van der Waals surface area (Å²) in [5.74, 6) is -12.4. The van der Waals surface area contributed by atoms with Crippen LogP contribution in [0.25, 0.3) is 0 Å². The minimum absolute atomic E-state index is 0.0761. The van der Waals surface area contributed by atoms with Crippen molar-refractivity contribution in [1.29, 1.82) is 0 Å². The average molecular weight is 1100 g/mol. The Hall–Kier alpha value is -8.44. The van der Waals surface area contributed by atoms with Crippen molar-refractivity contribution in [1.82, 2.24) is 47.9 Å². The summed E-state index contributed by atoms with van der Waals surface area (Å²) in [4.78, 5) is 148. The number of carbonyl (C=O) groups excluding carboxylic acids is 10. The number of guanidine groups is 1. The van der Waals surface area contributed by atoms with E-state index >= 15 is 0 Å². The maximum atomic E-state index is 14.3. The van der Waals surface area contributed by atoms with Gasteiger partial charge >= 0.3 is 5.97 Å². The Bertz CT molecular complexity index is 2420. The fourth-order valence-electron chi connectivity index (χ4n) is 7.07. The molecule has 0 fully saturated rings. The van der Waals surface area contributed by atoms with E-state index in [1.54, 1.807) is 58.0 Å². The molecular formula is C49H74N14O15. The highest BCUT2D eigenvalue weighted by Gasteiger charge is 2.35. The van der Waals surface area contributed by atoms with Crippen LogP contribution in [0.3, 0.4) is 0 Å². The molecule has 21 N–H and O–H groups in total. The highest BCUT2D eigenvalue weighted by atomic mass is 16.4. The van der Waals surface area contributed by atoms with Gasteiger partial charge in [-0.25, -0.2) is 4.79 Å². The number of amides is 10. The number of carbonyl (C=O) groups is 11. The second-order valence-corrected chi connectivity index (χ2v) is 18.8. The number of primary amides is 1. The average Bonchev–Trinajstić information content (AvgIpc) is 3.38. The molecule has 0 aliphatic rings. The third-order valence-corrected chi connectivity index (χ3v) is 11.6. The quantitative estimate of drug-likeness (QED) is 0.0180. The highest BCUT2D eigenvalue weighted by molar-refractivity contribution is 5.99. The number of carboxylic acid groups (broad SMARTS) is 1. The molecule has 0 saturated heterocycles. The molecule has 0 spiro atoms. The molecular weight excluding hydrogens is 1020 g/mol. The smallest absolute Gasteiger partial charge is 0.326 e. The number of hydrogen-bond donors (Lipinski definition) is 17. The number of nitrogens with one attached hydrogen (secondary N) is 9. The molecule has 29 nitrogen and oxygen atoms in total. The molecule has 29 heteroatoms. The summed E-state index contributed by atoms with van der Waals surface area (Å²) in [5.41, 5.74) is 22.7. The lowest BCUT2D eigenvalue weighted by atomic mass is 9.99. The Morgan fingerprint density at radius 2 is 1.03 bits per heavy atom. The number of phenols is 1. The molecule has 0 saturated carbocycles. The number of rotatable bonds is 33. The molecule has 9 atom stereocenters. The Kier molecular flexibility index (Phi) is 27.7. The Morgan fingerprint density at radius 3 is 1.53 bits per heavy atom. The first-order valence-electron chi connectivity index (χ1n) is 24.7. The van der Waals surface area contributed by atoms with Crippen LogP contribution in [0.15, 0.2) is 59.6 Å². The molecule has 2 aromatic carbocycles. The second-order valence-electron chi connectivity index (χ2n) is 18.8. The Balaban J connectivity index is 2.32. The van der Waals surface area contributed by atoms with Gasteiger partial charge in [-0.05, 0) is 54.9 Å². The van der Waals surface area contributed by atoms with Crippen molar-refractivity contribution in [3.8, 4) is 5.75 Å². The van der Waals surface area contributed by atoms with E-state index in [0.29, 0.717) is 11.1 Å². The van der Waals surface area contributed by atoms with Gasteiger partial charge in [-0.1, -0.05) is 70.2 Å². The Morgan fingerprint density at radius 1 is 0.538 bits per heavy atom. The molecule has 0 aliphatic heterocycles. The molecule has 0 radical (unpaired) electrons. The maximum absolute atomic E-state index is 14.3. The summed E-state index contributed by atoms with van der Waals surface area (Å²) in [6, 6.07) is 0.295. The van der Waals surface area contributed by atoms with E-state index in [-0.39, 0.29) is 49.9 Å². The summed E-state index contributed by atoms with van der Waals surface area (Å²) < 4.78 is 0. The van der Waals surface area contributed by atoms with Crippen LogP contribution in [0.4, 0.5) is 0 Å². The number of aromatic hydroxyl groups is 1. The number of carboxylic acids is 1. The van der Waals surface area contributed by atoms with Crippen molar-refractivity contribution in [3.05, 3.63) is 65.7 Å². The molecule has 2 aromatic rings. The third kappa shape index (κ3) is 23.2. The largest absolute Gasteiger partial charge is 0.508 e. The van der Waals surface area contributed by atoms with Gasteiger partial charge < -0.3 is 91.2 Å². The van der Waals surface area contributed by atoms with Gasteiger partial charge in [-0.3, -0.25) is 52.9 Å². The van der Waals surface area contributed by atoms with E-state index in [0.717, 1.165) is 0 Å². The van der Waals surface area contributed by atoms with Gasteiger partial charge in [0.15, 0.2) is 5.96 Å². The number of aliphatic hydroxyl groups excluding tert-OH is 2. The minimum Gasteiger partial charge on any atom is -0.508 e. The van der Waals surface area contributed by atoms with E-state index in [1.165, 1.54) is 31.2 Å². The lowest BCUT2D eigenvalue weighted by Gasteiger charge is -2.28. The lowest BCUT2D eigenvalue weighted by Crippen LogP contribution is -2.61. The minimum atomic E-state index is -1.84. The number of benzene rings is 2. The molecule has 0 aliphatic carbocycles. The predicted octanol–water partition coefficient (Wildman–Crippen LogP) is -6.17. The SMILES string of the molecule is CC(C)[C@H](N)C(=O)N[C@H](C(=O)N[C@@H](CC(N)=O)C(=O)N[C@@H](C)C(=O)N[C@@H](Cc1ccccc1)C(=O)N[C@@H](Cc1ccc(O)cc1)C(=O)N[C@@H](CO)C(=O)N[C@@H](CO)C(=O)NCC(=O)N[C@@H](CCCN=C(N)N)C(=O)O)C(C)C. The van der Waals surface area contributed by atoms with Gasteiger partial charge in [-0.2, -0.15) is 0 Å². The van der Waals surface area contributed by atoms with E-state index in [1.807, 2.05) is 0 Å². The fourth-order valence-corrected chi connectivity index (χ4v) is 7.07. The molecule has 0 unspecified atom stereocenters. The molecule has 0 bridgehead atoms.